The van der Waals surface area contributed by atoms with Crippen molar-refractivity contribution in [1.82, 2.24) is 4.90 Å². The molecule has 1 N–H and O–H groups in total. The fourth-order valence-electron chi connectivity index (χ4n) is 5.27. The third kappa shape index (κ3) is 5.23. The smallest absolute Gasteiger partial charge is 0.335 e. The molecule has 0 radical (unpaired) electrons. The molecule has 2 aliphatic rings. The van der Waals surface area contributed by atoms with Gasteiger partial charge in [-0.05, 0) is 66.1 Å². The zero-order valence-electron chi connectivity index (χ0n) is 18.8. The summed E-state index contributed by atoms with van der Waals surface area (Å²) >= 11 is 0. The molecule has 3 aromatic carbocycles. The Balaban J connectivity index is 0.00000259. The Morgan fingerprint density at radius 1 is 0.909 bits per heavy atom. The molecule has 0 amide bonds. The number of halogens is 1. The fraction of sp³-hybridized carbons (Fsp3) is 0.321. The van der Waals surface area contributed by atoms with E-state index in [1.807, 2.05) is 12.1 Å². The summed E-state index contributed by atoms with van der Waals surface area (Å²) in [7, 11) is 0. The predicted octanol–water partition coefficient (Wildman–Crippen LogP) is 5.23. The summed E-state index contributed by atoms with van der Waals surface area (Å²) in [6.45, 7) is 4.09. The highest BCUT2D eigenvalue weighted by atomic mass is 35.5. The number of carbonyl (C=O) groups is 1. The van der Waals surface area contributed by atoms with Crippen molar-refractivity contribution in [3.63, 3.8) is 0 Å². The van der Waals surface area contributed by atoms with Crippen molar-refractivity contribution in [3.05, 3.63) is 101 Å². The Labute approximate surface area is 202 Å². The van der Waals surface area contributed by atoms with Crippen LogP contribution in [0.3, 0.4) is 0 Å². The number of hydrogen-bond acceptors (Lipinski definition) is 3. The van der Waals surface area contributed by atoms with E-state index in [1.54, 1.807) is 6.07 Å². The first-order valence-corrected chi connectivity index (χ1v) is 11.6. The van der Waals surface area contributed by atoms with Crippen molar-refractivity contribution < 1.29 is 9.90 Å². The lowest BCUT2D eigenvalue weighted by Gasteiger charge is -2.46. The second kappa shape index (κ2) is 10.4. The molecule has 33 heavy (non-hydrogen) atoms. The Morgan fingerprint density at radius 2 is 1.67 bits per heavy atom. The van der Waals surface area contributed by atoms with Crippen LogP contribution in [0.2, 0.25) is 0 Å². The SMILES string of the molecule is Cl.O=C(O)c1ccc2c(c1)CC[C@@H]1CN(Cc3ccccc3CCc3ccccc3)CCN21. The van der Waals surface area contributed by atoms with Crippen LogP contribution in [0.4, 0.5) is 5.69 Å². The van der Waals surface area contributed by atoms with Crippen molar-refractivity contribution >= 4 is 24.1 Å². The molecule has 3 aromatic rings. The lowest BCUT2D eigenvalue weighted by Crippen LogP contribution is -2.54. The van der Waals surface area contributed by atoms with Gasteiger partial charge in [-0.15, -0.1) is 12.4 Å². The number of carboxylic acids is 1. The van der Waals surface area contributed by atoms with Gasteiger partial charge in [0, 0.05) is 37.9 Å². The van der Waals surface area contributed by atoms with Gasteiger partial charge in [-0.2, -0.15) is 0 Å². The molecule has 2 heterocycles. The van der Waals surface area contributed by atoms with Crippen molar-refractivity contribution in [2.45, 2.75) is 38.3 Å². The Bertz CT molecular complexity index is 1100. The maximum atomic E-state index is 11.3. The van der Waals surface area contributed by atoms with Gasteiger partial charge >= 0.3 is 5.97 Å². The molecular weight excluding hydrogens is 432 g/mol. The summed E-state index contributed by atoms with van der Waals surface area (Å²) in [4.78, 5) is 16.4. The number of aryl methyl sites for hydroxylation is 3. The highest BCUT2D eigenvalue weighted by Gasteiger charge is 2.32. The van der Waals surface area contributed by atoms with Gasteiger partial charge in [0.2, 0.25) is 0 Å². The highest BCUT2D eigenvalue weighted by Crippen LogP contribution is 2.34. The lowest BCUT2D eigenvalue weighted by molar-refractivity contribution is 0.0696. The van der Waals surface area contributed by atoms with E-state index in [-0.39, 0.29) is 12.4 Å². The molecule has 1 saturated heterocycles. The summed E-state index contributed by atoms with van der Waals surface area (Å²) in [6.07, 6.45) is 4.19. The lowest BCUT2D eigenvalue weighted by atomic mass is 9.92. The molecule has 0 unspecified atom stereocenters. The number of nitrogens with zero attached hydrogens (tertiary/aromatic N) is 2. The normalized spacial score (nSPS) is 17.6. The standard InChI is InChI=1S/C28H30N2O2.ClH/c31-28(32)24-13-15-27-23(18-24)12-14-26-20-29(16-17-30(26)27)19-25-9-5-4-8-22(25)11-10-21-6-2-1-3-7-21;/h1-9,13,15,18,26H,10-12,14,16-17,19-20H2,(H,31,32);1H/t26-;/m1./s1. The minimum absolute atomic E-state index is 0. The Kier molecular flexibility index (Phi) is 7.36. The van der Waals surface area contributed by atoms with Crippen molar-refractivity contribution in [3.8, 4) is 0 Å². The quantitative estimate of drug-likeness (QED) is 0.544. The van der Waals surface area contributed by atoms with Gasteiger partial charge in [0.1, 0.15) is 0 Å². The minimum atomic E-state index is -0.842. The molecule has 5 rings (SSSR count). The predicted molar refractivity (Wildman–Crippen MR) is 136 cm³/mol. The van der Waals surface area contributed by atoms with Crippen LogP contribution in [0.5, 0.6) is 0 Å². The van der Waals surface area contributed by atoms with Crippen molar-refractivity contribution in [1.29, 1.82) is 0 Å². The van der Waals surface area contributed by atoms with Gasteiger partial charge in [-0.1, -0.05) is 54.6 Å². The molecule has 172 valence electrons. The first-order chi connectivity index (χ1) is 15.7. The van der Waals surface area contributed by atoms with Crippen LogP contribution in [-0.2, 0) is 25.8 Å². The summed E-state index contributed by atoms with van der Waals surface area (Å²) in [5.74, 6) is -0.842. The van der Waals surface area contributed by atoms with Gasteiger partial charge in [0.25, 0.3) is 0 Å². The molecule has 0 saturated carbocycles. The number of benzene rings is 3. The van der Waals surface area contributed by atoms with E-state index in [2.05, 4.69) is 64.4 Å². The van der Waals surface area contributed by atoms with Crippen LogP contribution < -0.4 is 4.90 Å². The summed E-state index contributed by atoms with van der Waals surface area (Å²) in [6, 6.07) is 25.7. The third-order valence-corrected chi connectivity index (χ3v) is 6.99. The van der Waals surface area contributed by atoms with Crippen LogP contribution in [0.1, 0.15) is 39.0 Å². The molecule has 0 aromatic heterocycles. The number of carboxylic acid groups (broad SMARTS) is 1. The van der Waals surface area contributed by atoms with Gasteiger partial charge in [0.05, 0.1) is 5.56 Å². The number of hydrogen-bond donors (Lipinski definition) is 1. The number of rotatable bonds is 6. The maximum absolute atomic E-state index is 11.3. The molecule has 1 fully saturated rings. The van der Waals surface area contributed by atoms with Crippen molar-refractivity contribution in [2.75, 3.05) is 24.5 Å². The molecule has 5 heteroatoms. The Morgan fingerprint density at radius 3 is 2.45 bits per heavy atom. The Hall–Kier alpha value is -2.82. The van der Waals surface area contributed by atoms with Gasteiger partial charge in [-0.3, -0.25) is 4.90 Å². The largest absolute Gasteiger partial charge is 0.478 e. The second-order valence-electron chi connectivity index (χ2n) is 9.02. The van der Waals surface area contributed by atoms with Crippen molar-refractivity contribution in [2.24, 2.45) is 0 Å². The van der Waals surface area contributed by atoms with E-state index >= 15 is 0 Å². The molecular formula is C28H31ClN2O2. The van der Waals surface area contributed by atoms with E-state index in [9.17, 15) is 9.90 Å². The van der Waals surface area contributed by atoms with Crippen LogP contribution >= 0.6 is 12.4 Å². The fourth-order valence-corrected chi connectivity index (χ4v) is 5.27. The average Bonchev–Trinajstić information content (AvgIpc) is 2.83. The number of piperazine rings is 1. The van der Waals surface area contributed by atoms with Crippen LogP contribution in [0, 0.1) is 0 Å². The summed E-state index contributed by atoms with van der Waals surface area (Å²) in [5, 5.41) is 9.30. The minimum Gasteiger partial charge on any atom is -0.478 e. The zero-order valence-corrected chi connectivity index (χ0v) is 19.6. The molecule has 0 bridgehead atoms. The van der Waals surface area contributed by atoms with Crippen LogP contribution in [-0.4, -0.2) is 41.7 Å². The van der Waals surface area contributed by atoms with E-state index in [1.165, 1.54) is 27.9 Å². The third-order valence-electron chi connectivity index (χ3n) is 6.99. The van der Waals surface area contributed by atoms with Crippen LogP contribution in [0.15, 0.2) is 72.8 Å². The molecule has 1 atom stereocenters. The number of fused-ring (bicyclic) bond motifs is 3. The molecule has 4 nitrogen and oxygen atoms in total. The van der Waals surface area contributed by atoms with E-state index in [4.69, 9.17) is 0 Å². The van der Waals surface area contributed by atoms with Crippen LogP contribution in [0.25, 0.3) is 0 Å². The maximum Gasteiger partial charge on any atom is 0.335 e. The first-order valence-electron chi connectivity index (χ1n) is 11.6. The van der Waals surface area contributed by atoms with E-state index in [0.29, 0.717) is 11.6 Å². The molecule has 0 aliphatic carbocycles. The topological polar surface area (TPSA) is 43.8 Å². The number of anilines is 1. The van der Waals surface area contributed by atoms with E-state index in [0.717, 1.165) is 51.9 Å². The number of aromatic carboxylic acids is 1. The second-order valence-corrected chi connectivity index (χ2v) is 9.02. The van der Waals surface area contributed by atoms with Gasteiger partial charge < -0.3 is 10.0 Å². The van der Waals surface area contributed by atoms with Gasteiger partial charge in [-0.25, -0.2) is 4.79 Å². The molecule has 2 aliphatic heterocycles. The monoisotopic (exact) mass is 462 g/mol. The highest BCUT2D eigenvalue weighted by molar-refractivity contribution is 5.88. The average molecular weight is 463 g/mol. The summed E-state index contributed by atoms with van der Waals surface area (Å²) < 4.78 is 0. The van der Waals surface area contributed by atoms with E-state index < -0.39 is 5.97 Å². The van der Waals surface area contributed by atoms with Gasteiger partial charge in [0.15, 0.2) is 0 Å². The zero-order chi connectivity index (χ0) is 21.9. The first kappa shape index (κ1) is 23.3. The summed E-state index contributed by atoms with van der Waals surface area (Å²) in [5.41, 5.74) is 7.10. The molecule has 0 spiro atoms.